The zero-order chi connectivity index (χ0) is 21.1. The highest BCUT2D eigenvalue weighted by Gasteiger charge is 2.56. The topological polar surface area (TPSA) is 57.5 Å². The van der Waals surface area contributed by atoms with E-state index in [2.05, 4.69) is 43.0 Å². The molecule has 1 saturated carbocycles. The van der Waals surface area contributed by atoms with Crippen LogP contribution in [0.1, 0.15) is 56.1 Å². The Hall–Kier alpha value is -2.65. The first-order chi connectivity index (χ1) is 14.5. The highest BCUT2D eigenvalue weighted by Crippen LogP contribution is 2.66. The van der Waals surface area contributed by atoms with Gasteiger partial charge in [0.05, 0.1) is 6.10 Å². The molecular formula is C27H30O3. The molecule has 2 aromatic rings. The maximum absolute atomic E-state index is 10.9. The Labute approximate surface area is 178 Å². The number of fused-ring (bicyclic) bond motifs is 1. The van der Waals surface area contributed by atoms with E-state index in [4.69, 9.17) is 5.11 Å². The molecule has 0 heterocycles. The van der Waals surface area contributed by atoms with Gasteiger partial charge in [-0.25, -0.2) is 0 Å². The summed E-state index contributed by atoms with van der Waals surface area (Å²) in [5.74, 6) is -0.602. The number of carboxylic acids is 1. The molecule has 156 valence electrons. The number of hydrogen-bond donors (Lipinski definition) is 2. The first-order valence-electron chi connectivity index (χ1n) is 11.0. The number of allylic oxidation sites excluding steroid dienone is 3. The van der Waals surface area contributed by atoms with Gasteiger partial charge in [0.1, 0.15) is 0 Å². The number of aliphatic hydroxyl groups is 1. The van der Waals surface area contributed by atoms with E-state index in [0.717, 1.165) is 43.2 Å². The summed E-state index contributed by atoms with van der Waals surface area (Å²) in [4.78, 5) is 10.9. The molecular weight excluding hydrogens is 372 g/mol. The maximum Gasteiger partial charge on any atom is 0.303 e. The standard InChI is InChI=1S/C27H30O3/c1-19(20-10-4-2-5-11-20)27-17-16-24(28)23(27)18-22(14-8-9-15-25(29)30)26(27)21-12-6-3-7-13-21/h2-7,10-13,23-24,28H,1,8-9,14-18H2,(H,29,30)/t23-,24+,27-/m0/s1. The van der Waals surface area contributed by atoms with Crippen LogP contribution >= 0.6 is 0 Å². The van der Waals surface area contributed by atoms with Crippen LogP contribution in [0.2, 0.25) is 0 Å². The number of hydrogen-bond acceptors (Lipinski definition) is 2. The van der Waals surface area contributed by atoms with Crippen molar-refractivity contribution in [3.05, 3.63) is 83.9 Å². The van der Waals surface area contributed by atoms with E-state index in [1.807, 2.05) is 24.3 Å². The molecule has 0 amide bonds. The van der Waals surface area contributed by atoms with Gasteiger partial charge in [0, 0.05) is 17.8 Å². The first-order valence-corrected chi connectivity index (χ1v) is 11.0. The number of rotatable bonds is 8. The number of unbranched alkanes of at least 4 members (excludes halogenated alkanes) is 1. The molecule has 2 N–H and O–H groups in total. The summed E-state index contributed by atoms with van der Waals surface area (Å²) in [6.45, 7) is 4.58. The van der Waals surface area contributed by atoms with Crippen molar-refractivity contribution in [2.45, 2.75) is 51.0 Å². The van der Waals surface area contributed by atoms with E-state index in [0.29, 0.717) is 6.42 Å². The van der Waals surface area contributed by atoms with Crippen molar-refractivity contribution in [3.63, 3.8) is 0 Å². The van der Waals surface area contributed by atoms with Crippen LogP contribution in [0.15, 0.2) is 72.8 Å². The quantitative estimate of drug-likeness (QED) is 0.536. The fraction of sp³-hybridized carbons (Fsp3) is 0.370. The van der Waals surface area contributed by atoms with Crippen molar-refractivity contribution in [1.29, 1.82) is 0 Å². The van der Waals surface area contributed by atoms with Crippen molar-refractivity contribution in [3.8, 4) is 0 Å². The highest BCUT2D eigenvalue weighted by atomic mass is 16.4. The van der Waals surface area contributed by atoms with Gasteiger partial charge in [0.25, 0.3) is 0 Å². The molecule has 3 nitrogen and oxygen atoms in total. The van der Waals surface area contributed by atoms with Gasteiger partial charge in [-0.3, -0.25) is 4.79 Å². The minimum atomic E-state index is -0.736. The first kappa shape index (κ1) is 20.6. The van der Waals surface area contributed by atoms with Crippen LogP contribution < -0.4 is 0 Å². The molecule has 3 atom stereocenters. The van der Waals surface area contributed by atoms with Gasteiger partial charge in [-0.1, -0.05) is 72.8 Å². The van der Waals surface area contributed by atoms with E-state index in [1.165, 1.54) is 16.7 Å². The van der Waals surface area contributed by atoms with E-state index >= 15 is 0 Å². The third kappa shape index (κ3) is 3.63. The number of carbonyl (C=O) groups is 1. The van der Waals surface area contributed by atoms with Gasteiger partial charge >= 0.3 is 5.97 Å². The SMILES string of the molecule is C=C(c1ccccc1)[C@@]12CC[C@@H](O)[C@@H]1CC(CCCCC(=O)O)=C2c1ccccc1. The van der Waals surface area contributed by atoms with Crippen LogP contribution in [-0.4, -0.2) is 22.3 Å². The number of benzene rings is 2. The van der Waals surface area contributed by atoms with Crippen LogP contribution in [0.25, 0.3) is 11.1 Å². The molecule has 2 aliphatic rings. The van der Waals surface area contributed by atoms with Gasteiger partial charge in [-0.05, 0) is 60.8 Å². The fourth-order valence-corrected chi connectivity index (χ4v) is 5.72. The molecule has 2 aromatic carbocycles. The molecule has 0 aliphatic heterocycles. The summed E-state index contributed by atoms with van der Waals surface area (Å²) >= 11 is 0. The average molecular weight is 403 g/mol. The van der Waals surface area contributed by atoms with Gasteiger partial charge in [0.15, 0.2) is 0 Å². The lowest BCUT2D eigenvalue weighted by Gasteiger charge is -2.37. The third-order valence-corrected chi connectivity index (χ3v) is 7.04. The normalized spacial score (nSPS) is 25.4. The summed E-state index contributed by atoms with van der Waals surface area (Å²) in [5.41, 5.74) is 5.88. The molecule has 2 aliphatic carbocycles. The van der Waals surface area contributed by atoms with E-state index < -0.39 is 5.97 Å². The van der Waals surface area contributed by atoms with E-state index in [9.17, 15) is 9.90 Å². The van der Waals surface area contributed by atoms with E-state index in [1.54, 1.807) is 0 Å². The lowest BCUT2D eigenvalue weighted by atomic mass is 9.66. The van der Waals surface area contributed by atoms with Gasteiger partial charge in [-0.15, -0.1) is 0 Å². The predicted octanol–water partition coefficient (Wildman–Crippen LogP) is 5.96. The molecule has 4 rings (SSSR count). The second-order valence-corrected chi connectivity index (χ2v) is 8.68. The van der Waals surface area contributed by atoms with E-state index in [-0.39, 0.29) is 23.9 Å². The van der Waals surface area contributed by atoms with Crippen molar-refractivity contribution in [1.82, 2.24) is 0 Å². The zero-order valence-corrected chi connectivity index (χ0v) is 17.4. The Morgan fingerprint density at radius 1 is 1.03 bits per heavy atom. The van der Waals surface area contributed by atoms with Crippen LogP contribution in [0.3, 0.4) is 0 Å². The minimum Gasteiger partial charge on any atom is -0.481 e. The van der Waals surface area contributed by atoms with Crippen LogP contribution in [0, 0.1) is 11.3 Å². The second-order valence-electron chi connectivity index (χ2n) is 8.68. The smallest absolute Gasteiger partial charge is 0.303 e. The molecule has 0 bridgehead atoms. The number of aliphatic hydroxyl groups excluding tert-OH is 1. The Morgan fingerprint density at radius 3 is 2.37 bits per heavy atom. The Bertz CT molecular complexity index is 945. The van der Waals surface area contributed by atoms with Crippen LogP contribution in [0.4, 0.5) is 0 Å². The summed E-state index contributed by atoms with van der Waals surface area (Å²) in [5, 5.41) is 19.9. The second kappa shape index (κ2) is 8.61. The molecule has 0 spiro atoms. The van der Waals surface area contributed by atoms with Gasteiger partial charge in [-0.2, -0.15) is 0 Å². The lowest BCUT2D eigenvalue weighted by molar-refractivity contribution is -0.137. The van der Waals surface area contributed by atoms with Crippen LogP contribution in [0.5, 0.6) is 0 Å². The summed E-state index contributed by atoms with van der Waals surface area (Å²) in [6.07, 6.45) is 4.85. The van der Waals surface area contributed by atoms with Crippen LogP contribution in [-0.2, 0) is 4.79 Å². The van der Waals surface area contributed by atoms with Gasteiger partial charge in [0.2, 0.25) is 0 Å². The Morgan fingerprint density at radius 2 is 1.70 bits per heavy atom. The molecule has 0 radical (unpaired) electrons. The van der Waals surface area contributed by atoms with Gasteiger partial charge < -0.3 is 10.2 Å². The molecule has 0 unspecified atom stereocenters. The summed E-state index contributed by atoms with van der Waals surface area (Å²) < 4.78 is 0. The summed E-state index contributed by atoms with van der Waals surface area (Å²) in [7, 11) is 0. The maximum atomic E-state index is 10.9. The van der Waals surface area contributed by atoms with Crippen molar-refractivity contribution < 1.29 is 15.0 Å². The molecule has 1 fully saturated rings. The molecule has 3 heteroatoms. The highest BCUT2D eigenvalue weighted by molar-refractivity contribution is 5.90. The lowest BCUT2D eigenvalue weighted by Crippen LogP contribution is -2.29. The number of aliphatic carboxylic acids is 1. The summed E-state index contributed by atoms with van der Waals surface area (Å²) in [6, 6.07) is 20.9. The monoisotopic (exact) mass is 402 g/mol. The van der Waals surface area contributed by atoms with Crippen molar-refractivity contribution >= 4 is 17.1 Å². The molecule has 30 heavy (non-hydrogen) atoms. The van der Waals surface area contributed by atoms with Crippen molar-refractivity contribution in [2.24, 2.45) is 11.3 Å². The minimum absolute atomic E-state index is 0.134. The Balaban J connectivity index is 1.77. The largest absolute Gasteiger partial charge is 0.481 e. The Kier molecular flexibility index (Phi) is 5.92. The number of carboxylic acid groups (broad SMARTS) is 1. The zero-order valence-electron chi connectivity index (χ0n) is 17.4. The predicted molar refractivity (Wildman–Crippen MR) is 121 cm³/mol. The third-order valence-electron chi connectivity index (χ3n) is 7.04. The van der Waals surface area contributed by atoms with Crippen molar-refractivity contribution in [2.75, 3.05) is 0 Å². The average Bonchev–Trinajstić information content (AvgIpc) is 3.27. The molecule has 0 aromatic heterocycles. The fourth-order valence-electron chi connectivity index (χ4n) is 5.72. The molecule has 0 saturated heterocycles.